The largest absolute Gasteiger partial charge is 0.490 e. The summed E-state index contributed by atoms with van der Waals surface area (Å²) in [6.45, 7) is 8.07. The zero-order valence-corrected chi connectivity index (χ0v) is 22.2. The van der Waals surface area contributed by atoms with Crippen molar-refractivity contribution in [2.75, 3.05) is 25.1 Å². The molecule has 0 aliphatic rings. The molecule has 0 saturated carbocycles. The zero-order valence-electron chi connectivity index (χ0n) is 20.6. The summed E-state index contributed by atoms with van der Waals surface area (Å²) in [5.41, 5.74) is 5.41. The van der Waals surface area contributed by atoms with Crippen LogP contribution in [0.3, 0.4) is 0 Å². The summed E-state index contributed by atoms with van der Waals surface area (Å²) < 4.78 is 17.4. The Morgan fingerprint density at radius 3 is 2.43 bits per heavy atom. The van der Waals surface area contributed by atoms with Crippen LogP contribution in [0.2, 0.25) is 0 Å². The van der Waals surface area contributed by atoms with Gasteiger partial charge in [0, 0.05) is 11.3 Å². The molecule has 9 heteroatoms. The Balaban J connectivity index is 1.54. The van der Waals surface area contributed by atoms with E-state index in [9.17, 15) is 9.59 Å². The summed E-state index contributed by atoms with van der Waals surface area (Å²) in [7, 11) is 0. The molecular weight excluding hydrogens is 538 g/mol. The molecule has 37 heavy (non-hydrogen) atoms. The summed E-state index contributed by atoms with van der Waals surface area (Å²) in [4.78, 5) is 24.7. The van der Waals surface area contributed by atoms with Gasteiger partial charge in [-0.15, -0.1) is 0 Å². The summed E-state index contributed by atoms with van der Waals surface area (Å²) in [5, 5.41) is 6.81. The molecule has 0 saturated heterocycles. The van der Waals surface area contributed by atoms with Gasteiger partial charge in [0.15, 0.2) is 18.1 Å². The van der Waals surface area contributed by atoms with Crippen LogP contribution in [0.4, 0.5) is 5.69 Å². The molecule has 3 rings (SSSR count). The molecule has 2 N–H and O–H groups in total. The average Bonchev–Trinajstić information content (AvgIpc) is 2.89. The number of ether oxygens (including phenoxy) is 3. The Hall–Kier alpha value is -4.11. The van der Waals surface area contributed by atoms with E-state index >= 15 is 0 Å². The van der Waals surface area contributed by atoms with E-state index in [1.807, 2.05) is 38.1 Å². The first-order chi connectivity index (χ1) is 17.9. The Kier molecular flexibility index (Phi) is 10.3. The van der Waals surface area contributed by atoms with Crippen LogP contribution >= 0.6 is 15.9 Å². The van der Waals surface area contributed by atoms with Crippen LogP contribution in [0.15, 0.2) is 82.9 Å². The minimum Gasteiger partial charge on any atom is -0.490 e. The van der Waals surface area contributed by atoms with E-state index in [1.165, 1.54) is 6.21 Å². The van der Waals surface area contributed by atoms with Gasteiger partial charge in [0.1, 0.15) is 12.4 Å². The zero-order chi connectivity index (χ0) is 26.6. The van der Waals surface area contributed by atoms with Gasteiger partial charge in [-0.2, -0.15) is 5.10 Å². The molecule has 192 valence electrons. The van der Waals surface area contributed by atoms with Gasteiger partial charge in [-0.3, -0.25) is 9.59 Å². The molecule has 0 unspecified atom stereocenters. The molecule has 0 spiro atoms. The second-order valence-corrected chi connectivity index (χ2v) is 8.64. The molecule has 3 aromatic rings. The maximum atomic E-state index is 12.5. The molecule has 0 fully saturated rings. The van der Waals surface area contributed by atoms with Gasteiger partial charge in [-0.25, -0.2) is 5.43 Å². The number of hydrogen-bond acceptors (Lipinski definition) is 6. The van der Waals surface area contributed by atoms with Crippen molar-refractivity contribution < 1.29 is 23.8 Å². The van der Waals surface area contributed by atoms with E-state index < -0.39 is 5.91 Å². The van der Waals surface area contributed by atoms with Crippen molar-refractivity contribution in [3.63, 3.8) is 0 Å². The fraction of sp³-hybridized carbons (Fsp3) is 0.179. The lowest BCUT2D eigenvalue weighted by molar-refractivity contribution is -0.118. The van der Waals surface area contributed by atoms with Gasteiger partial charge in [0.05, 0.1) is 17.3 Å². The van der Waals surface area contributed by atoms with Crippen molar-refractivity contribution in [1.29, 1.82) is 0 Å². The van der Waals surface area contributed by atoms with E-state index in [0.29, 0.717) is 51.7 Å². The van der Waals surface area contributed by atoms with Gasteiger partial charge < -0.3 is 19.5 Å². The van der Waals surface area contributed by atoms with Crippen LogP contribution in [0.25, 0.3) is 0 Å². The lowest BCUT2D eigenvalue weighted by Gasteiger charge is -2.12. The number of carbonyl (C=O) groups excluding carboxylic acids is 2. The van der Waals surface area contributed by atoms with Gasteiger partial charge in [-0.05, 0) is 83.9 Å². The molecule has 0 aliphatic carbocycles. The molecule has 0 heterocycles. The maximum absolute atomic E-state index is 12.5. The molecule has 2 amide bonds. The second kappa shape index (κ2) is 13.8. The maximum Gasteiger partial charge on any atom is 0.271 e. The van der Waals surface area contributed by atoms with Crippen molar-refractivity contribution in [2.45, 2.75) is 13.8 Å². The highest BCUT2D eigenvalue weighted by atomic mass is 79.9. The first-order valence-electron chi connectivity index (χ1n) is 11.5. The SMILES string of the molecule is C=CCOc1ccc(C(=O)N/N=C/c2ccc(OCC(=O)Nc3ccc(C)cc3)c(Br)c2)cc1OCC. The molecule has 0 aromatic heterocycles. The highest BCUT2D eigenvalue weighted by Crippen LogP contribution is 2.29. The minimum atomic E-state index is -0.397. The molecule has 0 aliphatic heterocycles. The van der Waals surface area contributed by atoms with Gasteiger partial charge in [0.2, 0.25) is 0 Å². The van der Waals surface area contributed by atoms with Crippen molar-refractivity contribution in [2.24, 2.45) is 5.10 Å². The molecule has 8 nitrogen and oxygen atoms in total. The third-order valence-electron chi connectivity index (χ3n) is 4.89. The van der Waals surface area contributed by atoms with Gasteiger partial charge in [0.25, 0.3) is 11.8 Å². The highest BCUT2D eigenvalue weighted by molar-refractivity contribution is 9.10. The van der Waals surface area contributed by atoms with E-state index in [2.05, 4.69) is 38.4 Å². The average molecular weight is 566 g/mol. The highest BCUT2D eigenvalue weighted by Gasteiger charge is 2.11. The molecule has 0 radical (unpaired) electrons. The Morgan fingerprint density at radius 1 is 0.973 bits per heavy atom. The Labute approximate surface area is 224 Å². The topological polar surface area (TPSA) is 98.3 Å². The van der Waals surface area contributed by atoms with E-state index in [-0.39, 0.29) is 12.5 Å². The minimum absolute atomic E-state index is 0.142. The van der Waals surface area contributed by atoms with Crippen molar-refractivity contribution >= 4 is 39.6 Å². The molecule has 3 aromatic carbocycles. The number of halogens is 1. The van der Waals surface area contributed by atoms with Crippen LogP contribution < -0.4 is 25.0 Å². The molecule has 0 atom stereocenters. The van der Waals surface area contributed by atoms with E-state index in [1.54, 1.807) is 42.5 Å². The predicted octanol–water partition coefficient (Wildman–Crippen LogP) is 5.50. The van der Waals surface area contributed by atoms with E-state index in [4.69, 9.17) is 14.2 Å². The van der Waals surface area contributed by atoms with Crippen LogP contribution in [-0.4, -0.2) is 37.8 Å². The molecule has 0 bridgehead atoms. The number of nitrogens with zero attached hydrogens (tertiary/aromatic N) is 1. The number of rotatable bonds is 12. The Morgan fingerprint density at radius 2 is 1.73 bits per heavy atom. The van der Waals surface area contributed by atoms with Crippen molar-refractivity contribution in [3.05, 3.63) is 94.5 Å². The number of benzene rings is 3. The quantitative estimate of drug-likeness (QED) is 0.171. The predicted molar refractivity (Wildman–Crippen MR) is 148 cm³/mol. The number of carbonyl (C=O) groups is 2. The lowest BCUT2D eigenvalue weighted by atomic mass is 10.2. The number of hydrazone groups is 1. The smallest absolute Gasteiger partial charge is 0.271 e. The standard InChI is InChI=1S/C28H28BrN3O5/c1-4-14-36-25-13-9-21(16-26(25)35-5-2)28(34)32-30-17-20-8-12-24(23(29)15-20)37-18-27(33)31-22-10-6-19(3)7-11-22/h4,6-13,15-17H,1,5,14,18H2,2-3H3,(H,31,33)(H,32,34)/b30-17+. The van der Waals surface area contributed by atoms with E-state index in [0.717, 1.165) is 5.56 Å². The fourth-order valence-corrected chi connectivity index (χ4v) is 3.62. The number of amides is 2. The third kappa shape index (κ3) is 8.50. The van der Waals surface area contributed by atoms with Crippen molar-refractivity contribution in [1.82, 2.24) is 5.43 Å². The van der Waals surface area contributed by atoms with Crippen LogP contribution in [0.5, 0.6) is 17.2 Å². The fourth-order valence-electron chi connectivity index (χ4n) is 3.11. The summed E-state index contributed by atoms with van der Waals surface area (Å²) in [6, 6.07) is 17.6. The van der Waals surface area contributed by atoms with Crippen LogP contribution in [0.1, 0.15) is 28.4 Å². The number of hydrogen-bond donors (Lipinski definition) is 2. The van der Waals surface area contributed by atoms with Gasteiger partial charge in [-0.1, -0.05) is 30.4 Å². The normalized spacial score (nSPS) is 10.6. The van der Waals surface area contributed by atoms with Crippen LogP contribution in [0, 0.1) is 6.92 Å². The van der Waals surface area contributed by atoms with Gasteiger partial charge >= 0.3 is 0 Å². The summed E-state index contributed by atoms with van der Waals surface area (Å²) in [6.07, 6.45) is 3.13. The summed E-state index contributed by atoms with van der Waals surface area (Å²) >= 11 is 3.44. The monoisotopic (exact) mass is 565 g/mol. The van der Waals surface area contributed by atoms with Crippen LogP contribution in [-0.2, 0) is 4.79 Å². The third-order valence-corrected chi connectivity index (χ3v) is 5.51. The Bertz CT molecular complexity index is 1280. The lowest BCUT2D eigenvalue weighted by Crippen LogP contribution is -2.20. The number of nitrogens with one attached hydrogen (secondary N) is 2. The summed E-state index contributed by atoms with van der Waals surface area (Å²) in [5.74, 6) is 0.833. The molecular formula is C28H28BrN3O5. The first kappa shape index (κ1) is 27.5. The number of aryl methyl sites for hydroxylation is 1. The second-order valence-electron chi connectivity index (χ2n) is 7.79. The first-order valence-corrected chi connectivity index (χ1v) is 12.3. The van der Waals surface area contributed by atoms with Crippen molar-refractivity contribution in [3.8, 4) is 17.2 Å². The number of anilines is 1.